The van der Waals surface area contributed by atoms with E-state index in [0.717, 1.165) is 9.75 Å². The minimum absolute atomic E-state index is 0.316. The lowest BCUT2D eigenvalue weighted by Crippen LogP contribution is -1.94. The predicted molar refractivity (Wildman–Crippen MR) is 70.6 cm³/mol. The van der Waals surface area contributed by atoms with Crippen LogP contribution in [-0.4, -0.2) is 0 Å². The fraction of sp³-hybridized carbons (Fsp3) is 0.167. The molecule has 0 bridgehead atoms. The second-order valence-electron chi connectivity index (χ2n) is 3.47. The van der Waals surface area contributed by atoms with E-state index in [0.29, 0.717) is 23.4 Å². The van der Waals surface area contributed by atoms with Gasteiger partial charge in [-0.15, -0.1) is 11.3 Å². The highest BCUT2D eigenvalue weighted by Gasteiger charge is 2.02. The Morgan fingerprint density at radius 3 is 2.65 bits per heavy atom. The molecule has 0 atom stereocenters. The van der Waals surface area contributed by atoms with Gasteiger partial charge in [-0.25, -0.2) is 4.39 Å². The summed E-state index contributed by atoms with van der Waals surface area (Å²) in [4.78, 5) is 2.19. The predicted octanol–water partition coefficient (Wildman–Crippen LogP) is 3.69. The van der Waals surface area contributed by atoms with Crippen LogP contribution < -0.4 is 10.5 Å². The summed E-state index contributed by atoms with van der Waals surface area (Å²) in [7, 11) is 0. The molecule has 2 N–H and O–H groups in total. The van der Waals surface area contributed by atoms with Gasteiger partial charge in [0.25, 0.3) is 0 Å². The minimum atomic E-state index is -0.316. The van der Waals surface area contributed by atoms with Crippen LogP contribution in [0.25, 0.3) is 0 Å². The first kappa shape index (κ1) is 12.5. The Morgan fingerprint density at radius 2 is 2.00 bits per heavy atom. The van der Waals surface area contributed by atoms with Crippen molar-refractivity contribution >= 4 is 27.3 Å². The van der Waals surface area contributed by atoms with Gasteiger partial charge in [-0.3, -0.25) is 0 Å². The van der Waals surface area contributed by atoms with Gasteiger partial charge in [0.05, 0.1) is 0 Å². The molecule has 0 aliphatic heterocycles. The lowest BCUT2D eigenvalue weighted by Gasteiger charge is -2.05. The lowest BCUT2D eigenvalue weighted by molar-refractivity contribution is 0.308. The van der Waals surface area contributed by atoms with Crippen LogP contribution >= 0.6 is 27.3 Å². The maximum Gasteiger partial charge on any atom is 0.128 e. The summed E-state index contributed by atoms with van der Waals surface area (Å²) in [6, 6.07) is 8.44. The zero-order chi connectivity index (χ0) is 12.3. The van der Waals surface area contributed by atoms with Gasteiger partial charge >= 0.3 is 0 Å². The Kier molecular flexibility index (Phi) is 4.15. The molecule has 2 rings (SSSR count). The topological polar surface area (TPSA) is 35.2 Å². The van der Waals surface area contributed by atoms with Crippen molar-refractivity contribution in [2.24, 2.45) is 5.73 Å². The first-order valence-corrected chi connectivity index (χ1v) is 6.65. The number of hydrogen-bond acceptors (Lipinski definition) is 3. The van der Waals surface area contributed by atoms with Gasteiger partial charge in [-0.05, 0) is 24.3 Å². The Labute approximate surface area is 111 Å². The molecule has 0 saturated carbocycles. The summed E-state index contributed by atoms with van der Waals surface area (Å²) in [6.45, 7) is 0.969. The minimum Gasteiger partial charge on any atom is -0.488 e. The van der Waals surface area contributed by atoms with Crippen molar-refractivity contribution in [1.29, 1.82) is 0 Å². The van der Waals surface area contributed by atoms with E-state index >= 15 is 0 Å². The molecule has 0 radical (unpaired) electrons. The van der Waals surface area contributed by atoms with Gasteiger partial charge in [0.15, 0.2) is 0 Å². The first-order chi connectivity index (χ1) is 8.17. The molecule has 1 heterocycles. The van der Waals surface area contributed by atoms with Crippen LogP contribution in [0, 0.1) is 5.82 Å². The summed E-state index contributed by atoms with van der Waals surface area (Å²) in [6.07, 6.45) is 0. The maximum absolute atomic E-state index is 13.1. The number of ether oxygens (including phenoxy) is 1. The molecule has 0 fully saturated rings. The van der Waals surface area contributed by atoms with Gasteiger partial charge in [-0.2, -0.15) is 0 Å². The number of thiophene rings is 1. The first-order valence-electron chi connectivity index (χ1n) is 5.04. The van der Waals surface area contributed by atoms with Crippen LogP contribution in [0.5, 0.6) is 5.75 Å². The third kappa shape index (κ3) is 3.52. The summed E-state index contributed by atoms with van der Waals surface area (Å²) in [5, 5.41) is 0. The zero-order valence-electron chi connectivity index (χ0n) is 8.95. The Balaban J connectivity index is 2.01. The zero-order valence-corrected chi connectivity index (χ0v) is 11.4. The van der Waals surface area contributed by atoms with E-state index in [2.05, 4.69) is 15.9 Å². The lowest BCUT2D eigenvalue weighted by atomic mass is 10.3. The maximum atomic E-state index is 13.1. The second kappa shape index (κ2) is 5.62. The van der Waals surface area contributed by atoms with E-state index < -0.39 is 0 Å². The highest BCUT2D eigenvalue weighted by atomic mass is 79.9. The highest BCUT2D eigenvalue weighted by molar-refractivity contribution is 9.10. The molecule has 5 heteroatoms. The van der Waals surface area contributed by atoms with Crippen LogP contribution in [-0.2, 0) is 13.2 Å². The second-order valence-corrected chi connectivity index (χ2v) is 5.63. The fourth-order valence-electron chi connectivity index (χ4n) is 1.38. The van der Waals surface area contributed by atoms with E-state index in [9.17, 15) is 4.39 Å². The molecule has 0 aliphatic rings. The molecule has 0 amide bonds. The van der Waals surface area contributed by atoms with Crippen molar-refractivity contribution in [3.63, 3.8) is 0 Å². The molecule has 90 valence electrons. The number of hydrogen-bond donors (Lipinski definition) is 1. The number of benzene rings is 1. The summed E-state index contributed by atoms with van der Waals surface area (Å²) >= 11 is 4.83. The molecule has 2 aromatic rings. The molecule has 17 heavy (non-hydrogen) atoms. The Hall–Kier alpha value is -0.910. The Morgan fingerprint density at radius 1 is 1.24 bits per heavy atom. The largest absolute Gasteiger partial charge is 0.488 e. The highest BCUT2D eigenvalue weighted by Crippen LogP contribution is 2.23. The van der Waals surface area contributed by atoms with Crippen LogP contribution in [0.3, 0.4) is 0 Å². The normalized spacial score (nSPS) is 10.5. The number of nitrogens with two attached hydrogens (primary N) is 1. The quantitative estimate of drug-likeness (QED) is 0.934. The molecule has 0 saturated heterocycles. The van der Waals surface area contributed by atoms with Crippen molar-refractivity contribution < 1.29 is 9.13 Å². The van der Waals surface area contributed by atoms with Crippen LogP contribution in [0.1, 0.15) is 9.75 Å². The van der Waals surface area contributed by atoms with Crippen molar-refractivity contribution in [1.82, 2.24) is 0 Å². The Bertz CT molecular complexity index is 495. The summed E-state index contributed by atoms with van der Waals surface area (Å²) in [5.74, 6) is 0.197. The molecular weight excluding hydrogens is 305 g/mol. The molecule has 2 nitrogen and oxygen atoms in total. The standard InChI is InChI=1S/C12H11BrFNOS/c13-8-3-9(14)5-10(4-8)16-7-12-2-1-11(6-15)17-12/h1-5H,6-7,15H2. The molecule has 0 spiro atoms. The fourth-order valence-corrected chi connectivity index (χ4v) is 2.63. The van der Waals surface area contributed by atoms with Gasteiger partial charge < -0.3 is 10.5 Å². The monoisotopic (exact) mass is 315 g/mol. The summed E-state index contributed by atoms with van der Waals surface area (Å²) < 4.78 is 19.3. The van der Waals surface area contributed by atoms with Crippen LogP contribution in [0.15, 0.2) is 34.8 Å². The molecular formula is C12H11BrFNOS. The van der Waals surface area contributed by atoms with E-state index in [4.69, 9.17) is 10.5 Å². The molecule has 0 aliphatic carbocycles. The van der Waals surface area contributed by atoms with Crippen molar-refractivity contribution in [3.05, 3.63) is 50.4 Å². The van der Waals surface area contributed by atoms with Gasteiger partial charge in [0.2, 0.25) is 0 Å². The smallest absolute Gasteiger partial charge is 0.128 e. The van der Waals surface area contributed by atoms with E-state index in [-0.39, 0.29) is 5.82 Å². The van der Waals surface area contributed by atoms with E-state index in [1.165, 1.54) is 12.1 Å². The SMILES string of the molecule is NCc1ccc(COc2cc(F)cc(Br)c2)s1. The molecule has 1 aromatic carbocycles. The van der Waals surface area contributed by atoms with Gasteiger partial charge in [0, 0.05) is 26.8 Å². The summed E-state index contributed by atoms with van der Waals surface area (Å²) in [5.41, 5.74) is 5.52. The average Bonchev–Trinajstić information content (AvgIpc) is 2.73. The number of rotatable bonds is 4. The van der Waals surface area contributed by atoms with Gasteiger partial charge in [0.1, 0.15) is 18.2 Å². The van der Waals surface area contributed by atoms with E-state index in [1.54, 1.807) is 17.4 Å². The van der Waals surface area contributed by atoms with Crippen LogP contribution in [0.2, 0.25) is 0 Å². The third-order valence-electron chi connectivity index (χ3n) is 2.14. The van der Waals surface area contributed by atoms with Gasteiger partial charge in [-0.1, -0.05) is 15.9 Å². The van der Waals surface area contributed by atoms with Crippen LogP contribution in [0.4, 0.5) is 4.39 Å². The van der Waals surface area contributed by atoms with Crippen molar-refractivity contribution in [2.45, 2.75) is 13.2 Å². The van der Waals surface area contributed by atoms with Crippen molar-refractivity contribution in [2.75, 3.05) is 0 Å². The number of halogens is 2. The van der Waals surface area contributed by atoms with Crippen molar-refractivity contribution in [3.8, 4) is 5.75 Å². The third-order valence-corrected chi connectivity index (χ3v) is 3.67. The average molecular weight is 316 g/mol. The molecule has 1 aromatic heterocycles. The van der Waals surface area contributed by atoms with E-state index in [1.807, 2.05) is 12.1 Å². The molecule has 0 unspecified atom stereocenters.